The number of likely N-dealkylation sites (tertiary alicyclic amines) is 1. The molecule has 1 atom stereocenters. The van der Waals surface area contributed by atoms with Crippen LogP contribution in [0.5, 0.6) is 11.5 Å². The van der Waals surface area contributed by atoms with Crippen molar-refractivity contribution in [2.45, 2.75) is 43.5 Å². The van der Waals surface area contributed by atoms with E-state index < -0.39 is 16.1 Å². The zero-order chi connectivity index (χ0) is 24.6. The van der Waals surface area contributed by atoms with Crippen LogP contribution in [0.2, 0.25) is 0 Å². The zero-order valence-electron chi connectivity index (χ0n) is 19.6. The summed E-state index contributed by atoms with van der Waals surface area (Å²) in [5.41, 5.74) is 1.61. The van der Waals surface area contributed by atoms with Gasteiger partial charge in [-0.25, -0.2) is 8.42 Å². The van der Waals surface area contributed by atoms with Crippen LogP contribution in [0.4, 0.5) is 5.69 Å². The molecule has 1 N–H and O–H groups in total. The maximum Gasteiger partial charge on any atom is 0.243 e. The standard InChI is InChI=1S/C25H29N3O6S/c1-17-4-7-20(8-5-17)35(31,32)28-12-2-3-21(28)25(30)27-13-10-18(11-14-27)24(29)26-19-6-9-22-23(15-19)34-16-33-22/h4-9,15,18,21H,2-3,10-14,16H2,1H3,(H,26,29)/t21-/m1/s1. The van der Waals surface area contributed by atoms with Crippen LogP contribution in [0.3, 0.4) is 0 Å². The molecule has 2 fully saturated rings. The normalized spacial score (nSPS) is 20.7. The Morgan fingerprint density at radius 1 is 0.943 bits per heavy atom. The Kier molecular flexibility index (Phi) is 6.41. The van der Waals surface area contributed by atoms with E-state index in [1.807, 2.05) is 6.92 Å². The molecule has 0 unspecified atom stereocenters. The van der Waals surface area contributed by atoms with Gasteiger partial charge in [0.05, 0.1) is 4.90 Å². The fourth-order valence-corrected chi connectivity index (χ4v) is 6.56. The fraction of sp³-hybridized carbons (Fsp3) is 0.440. The lowest BCUT2D eigenvalue weighted by Gasteiger charge is -2.34. The molecule has 35 heavy (non-hydrogen) atoms. The molecule has 10 heteroatoms. The van der Waals surface area contributed by atoms with Gasteiger partial charge in [0.15, 0.2) is 11.5 Å². The maximum atomic E-state index is 13.3. The average molecular weight is 500 g/mol. The first-order valence-corrected chi connectivity index (χ1v) is 13.3. The third-order valence-electron chi connectivity index (χ3n) is 6.93. The van der Waals surface area contributed by atoms with Crippen LogP contribution in [-0.4, -0.2) is 61.9 Å². The number of hydrogen-bond donors (Lipinski definition) is 1. The number of carbonyl (C=O) groups is 2. The molecule has 0 spiro atoms. The predicted octanol–water partition coefficient (Wildman–Crippen LogP) is 2.75. The monoisotopic (exact) mass is 499 g/mol. The number of nitrogens with zero attached hydrogens (tertiary/aromatic N) is 2. The minimum atomic E-state index is -3.75. The van der Waals surface area contributed by atoms with Crippen LogP contribution in [0.15, 0.2) is 47.4 Å². The highest BCUT2D eigenvalue weighted by Gasteiger charge is 2.42. The van der Waals surface area contributed by atoms with Gasteiger partial charge < -0.3 is 19.7 Å². The highest BCUT2D eigenvalue weighted by atomic mass is 32.2. The van der Waals surface area contributed by atoms with E-state index in [0.29, 0.717) is 62.5 Å². The molecule has 3 heterocycles. The van der Waals surface area contributed by atoms with Gasteiger partial charge in [-0.3, -0.25) is 9.59 Å². The summed E-state index contributed by atoms with van der Waals surface area (Å²) in [6.45, 7) is 3.25. The number of fused-ring (bicyclic) bond motifs is 1. The number of anilines is 1. The molecule has 2 saturated heterocycles. The molecule has 2 amide bonds. The summed E-state index contributed by atoms with van der Waals surface area (Å²) in [5.74, 6) is 0.763. The van der Waals surface area contributed by atoms with Gasteiger partial charge >= 0.3 is 0 Å². The van der Waals surface area contributed by atoms with E-state index >= 15 is 0 Å². The number of aryl methyl sites for hydroxylation is 1. The largest absolute Gasteiger partial charge is 0.454 e. The minimum absolute atomic E-state index is 0.0968. The highest BCUT2D eigenvalue weighted by molar-refractivity contribution is 7.89. The molecule has 186 valence electrons. The summed E-state index contributed by atoms with van der Waals surface area (Å²) in [7, 11) is -3.75. The van der Waals surface area contributed by atoms with Gasteiger partial charge in [-0.05, 0) is 56.9 Å². The smallest absolute Gasteiger partial charge is 0.243 e. The number of piperidine rings is 1. The van der Waals surface area contributed by atoms with E-state index in [2.05, 4.69) is 5.32 Å². The lowest BCUT2D eigenvalue weighted by atomic mass is 9.95. The Morgan fingerprint density at radius 3 is 2.40 bits per heavy atom. The number of sulfonamides is 1. The van der Waals surface area contributed by atoms with Crippen molar-refractivity contribution in [1.82, 2.24) is 9.21 Å². The first-order valence-electron chi connectivity index (χ1n) is 11.9. The van der Waals surface area contributed by atoms with Crippen LogP contribution in [0, 0.1) is 12.8 Å². The quantitative estimate of drug-likeness (QED) is 0.678. The van der Waals surface area contributed by atoms with Gasteiger partial charge in [0, 0.05) is 37.3 Å². The summed E-state index contributed by atoms with van der Waals surface area (Å²) < 4.78 is 38.4. The maximum absolute atomic E-state index is 13.3. The number of ether oxygens (including phenoxy) is 2. The number of amides is 2. The third-order valence-corrected chi connectivity index (χ3v) is 8.86. The van der Waals surface area contributed by atoms with Crippen LogP contribution in [-0.2, 0) is 19.6 Å². The van der Waals surface area contributed by atoms with E-state index in [0.717, 1.165) is 5.56 Å². The topological polar surface area (TPSA) is 105 Å². The molecule has 9 nitrogen and oxygen atoms in total. The fourth-order valence-electron chi connectivity index (χ4n) is 4.91. The van der Waals surface area contributed by atoms with Crippen LogP contribution in [0.1, 0.15) is 31.2 Å². The van der Waals surface area contributed by atoms with Gasteiger partial charge in [0.25, 0.3) is 0 Å². The summed E-state index contributed by atoms with van der Waals surface area (Å²) in [4.78, 5) is 28.0. The molecule has 3 aliphatic heterocycles. The van der Waals surface area contributed by atoms with E-state index in [1.165, 1.54) is 4.31 Å². The Hall–Kier alpha value is -3.11. The Morgan fingerprint density at radius 2 is 1.66 bits per heavy atom. The number of benzene rings is 2. The van der Waals surface area contributed by atoms with Crippen molar-refractivity contribution in [2.75, 3.05) is 31.7 Å². The minimum Gasteiger partial charge on any atom is -0.454 e. The van der Waals surface area contributed by atoms with Crippen LogP contribution < -0.4 is 14.8 Å². The van der Waals surface area contributed by atoms with E-state index in [4.69, 9.17) is 9.47 Å². The van der Waals surface area contributed by atoms with Crippen LogP contribution >= 0.6 is 0 Å². The van der Waals surface area contributed by atoms with Crippen molar-refractivity contribution in [3.8, 4) is 11.5 Å². The van der Waals surface area contributed by atoms with Gasteiger partial charge in [0.1, 0.15) is 6.04 Å². The molecule has 0 bridgehead atoms. The number of carbonyl (C=O) groups excluding carboxylic acids is 2. The molecule has 2 aromatic rings. The van der Waals surface area contributed by atoms with Crippen LogP contribution in [0.25, 0.3) is 0 Å². The summed E-state index contributed by atoms with van der Waals surface area (Å²) >= 11 is 0. The highest BCUT2D eigenvalue weighted by Crippen LogP contribution is 2.35. The number of rotatable bonds is 5. The summed E-state index contributed by atoms with van der Waals surface area (Å²) in [6.07, 6.45) is 2.21. The molecule has 0 aromatic heterocycles. The molecule has 0 radical (unpaired) electrons. The van der Waals surface area contributed by atoms with Crippen molar-refractivity contribution >= 4 is 27.5 Å². The lowest BCUT2D eigenvalue weighted by molar-refractivity contribution is -0.137. The van der Waals surface area contributed by atoms with E-state index in [-0.39, 0.29) is 29.4 Å². The second-order valence-electron chi connectivity index (χ2n) is 9.24. The first kappa shape index (κ1) is 23.6. The Balaban J connectivity index is 1.19. The molecule has 0 aliphatic carbocycles. The number of nitrogens with one attached hydrogen (secondary N) is 1. The number of hydrogen-bond acceptors (Lipinski definition) is 6. The SMILES string of the molecule is Cc1ccc(S(=O)(=O)N2CCC[C@@H]2C(=O)N2CCC(C(=O)Nc3ccc4c(c3)OCO4)CC2)cc1. The molecular weight excluding hydrogens is 470 g/mol. The first-order chi connectivity index (χ1) is 16.8. The second-order valence-corrected chi connectivity index (χ2v) is 11.1. The Labute approximate surface area is 205 Å². The predicted molar refractivity (Wildman–Crippen MR) is 129 cm³/mol. The summed E-state index contributed by atoms with van der Waals surface area (Å²) in [6, 6.07) is 11.3. The molecular formula is C25H29N3O6S. The third kappa shape index (κ3) is 4.72. The van der Waals surface area contributed by atoms with Crippen molar-refractivity contribution in [2.24, 2.45) is 5.92 Å². The van der Waals surface area contributed by atoms with E-state index in [9.17, 15) is 18.0 Å². The zero-order valence-corrected chi connectivity index (χ0v) is 20.4. The average Bonchev–Trinajstić information content (AvgIpc) is 3.54. The van der Waals surface area contributed by atoms with Gasteiger partial charge in [-0.15, -0.1) is 0 Å². The van der Waals surface area contributed by atoms with Gasteiger partial charge in [-0.2, -0.15) is 4.31 Å². The lowest BCUT2D eigenvalue weighted by Crippen LogP contribution is -2.50. The van der Waals surface area contributed by atoms with Crippen molar-refractivity contribution in [1.29, 1.82) is 0 Å². The molecule has 2 aromatic carbocycles. The van der Waals surface area contributed by atoms with Crippen molar-refractivity contribution in [3.05, 3.63) is 48.0 Å². The Bertz CT molecular complexity index is 1220. The molecule has 5 rings (SSSR count). The van der Waals surface area contributed by atoms with Crippen molar-refractivity contribution < 1.29 is 27.5 Å². The summed E-state index contributed by atoms with van der Waals surface area (Å²) in [5, 5.41) is 2.92. The van der Waals surface area contributed by atoms with Gasteiger partial charge in [0.2, 0.25) is 28.6 Å². The molecule has 0 saturated carbocycles. The van der Waals surface area contributed by atoms with Crippen molar-refractivity contribution in [3.63, 3.8) is 0 Å². The van der Waals surface area contributed by atoms with E-state index in [1.54, 1.807) is 47.4 Å². The molecule has 3 aliphatic rings. The van der Waals surface area contributed by atoms with Gasteiger partial charge in [-0.1, -0.05) is 17.7 Å². The second kappa shape index (κ2) is 9.50.